The molecule has 1 amide bonds. The van der Waals surface area contributed by atoms with Gasteiger partial charge >= 0.3 is 0 Å². The Balaban J connectivity index is 1.72. The van der Waals surface area contributed by atoms with Crippen LogP contribution in [0.15, 0.2) is 42.5 Å². The van der Waals surface area contributed by atoms with Gasteiger partial charge in [-0.1, -0.05) is 23.7 Å². The third-order valence-corrected chi connectivity index (χ3v) is 4.94. The number of carbonyl (C=O) groups excluding carboxylic acids is 1. The normalized spacial score (nSPS) is 17.0. The highest BCUT2D eigenvalue weighted by Gasteiger charge is 2.20. The minimum Gasteiger partial charge on any atom is -0.496 e. The molecule has 3 rings (SSSR count). The van der Waals surface area contributed by atoms with Crippen LogP contribution in [0, 0.1) is 0 Å². The van der Waals surface area contributed by atoms with Crippen molar-refractivity contribution in [2.45, 2.75) is 25.4 Å². The van der Waals surface area contributed by atoms with Gasteiger partial charge in [0, 0.05) is 36.3 Å². The van der Waals surface area contributed by atoms with Gasteiger partial charge in [-0.2, -0.15) is 0 Å². The number of ether oxygens (including phenoxy) is 2. The molecule has 0 saturated carbocycles. The molecule has 0 N–H and O–H groups in total. The molecular weight excluding hydrogens is 350 g/mol. The molecule has 1 heterocycles. The van der Waals surface area contributed by atoms with Gasteiger partial charge < -0.3 is 14.4 Å². The van der Waals surface area contributed by atoms with Crippen molar-refractivity contribution < 1.29 is 14.3 Å². The molecule has 0 unspecified atom stereocenters. The van der Waals surface area contributed by atoms with E-state index in [0.29, 0.717) is 17.1 Å². The Morgan fingerprint density at radius 3 is 2.65 bits per heavy atom. The Kier molecular flexibility index (Phi) is 6.17. The zero-order chi connectivity index (χ0) is 18.5. The van der Waals surface area contributed by atoms with E-state index in [-0.39, 0.29) is 12.0 Å². The van der Waals surface area contributed by atoms with E-state index in [1.807, 2.05) is 43.4 Å². The maximum Gasteiger partial charge on any atom is 0.253 e. The third-order valence-electron chi connectivity index (χ3n) is 4.70. The minimum atomic E-state index is 0.00350. The zero-order valence-corrected chi connectivity index (χ0v) is 16.0. The van der Waals surface area contributed by atoms with Gasteiger partial charge in [-0.3, -0.25) is 4.79 Å². The largest absolute Gasteiger partial charge is 0.496 e. The van der Waals surface area contributed by atoms with E-state index in [1.54, 1.807) is 18.1 Å². The van der Waals surface area contributed by atoms with Crippen molar-refractivity contribution in [2.24, 2.45) is 0 Å². The molecule has 1 fully saturated rings. The Morgan fingerprint density at radius 2 is 2.00 bits per heavy atom. The molecule has 2 aromatic rings. The molecule has 1 saturated heterocycles. The summed E-state index contributed by atoms with van der Waals surface area (Å²) in [5.41, 5.74) is 2.52. The standard InChI is InChI=1S/C21H24ClNO3/c1-23(14-18-5-3-4-12-26-18)21(24)16-8-6-15(7-9-16)19-13-17(22)10-11-20(19)25-2/h6-11,13,18H,3-5,12,14H2,1-2H3/t18-/m0/s1. The second kappa shape index (κ2) is 8.56. The van der Waals surface area contributed by atoms with Gasteiger partial charge in [0.1, 0.15) is 5.75 Å². The molecule has 0 spiro atoms. The van der Waals surface area contributed by atoms with E-state index >= 15 is 0 Å². The first-order valence-electron chi connectivity index (χ1n) is 8.89. The molecule has 1 aliphatic rings. The van der Waals surface area contributed by atoms with Gasteiger partial charge in [-0.25, -0.2) is 0 Å². The molecule has 0 aliphatic carbocycles. The maximum absolute atomic E-state index is 12.7. The molecule has 0 radical (unpaired) electrons. The summed E-state index contributed by atoms with van der Waals surface area (Å²) in [4.78, 5) is 14.4. The van der Waals surface area contributed by atoms with Gasteiger partial charge in [0.25, 0.3) is 5.91 Å². The fourth-order valence-corrected chi connectivity index (χ4v) is 3.43. The average molecular weight is 374 g/mol. The van der Waals surface area contributed by atoms with Crippen LogP contribution in [-0.2, 0) is 4.74 Å². The van der Waals surface area contributed by atoms with Crippen LogP contribution in [0.5, 0.6) is 5.75 Å². The van der Waals surface area contributed by atoms with Gasteiger partial charge in [-0.05, 0) is 55.2 Å². The summed E-state index contributed by atoms with van der Waals surface area (Å²) in [5.74, 6) is 0.754. The smallest absolute Gasteiger partial charge is 0.253 e. The summed E-state index contributed by atoms with van der Waals surface area (Å²) in [6.45, 7) is 1.42. The lowest BCUT2D eigenvalue weighted by Crippen LogP contribution is -2.37. The molecular formula is C21H24ClNO3. The molecule has 0 bridgehead atoms. The highest BCUT2D eigenvalue weighted by Crippen LogP contribution is 2.32. The van der Waals surface area contributed by atoms with E-state index in [2.05, 4.69) is 0 Å². The van der Waals surface area contributed by atoms with Gasteiger partial charge in [0.05, 0.1) is 13.2 Å². The molecule has 2 aromatic carbocycles. The number of halogens is 1. The fraction of sp³-hybridized carbons (Fsp3) is 0.381. The van der Waals surface area contributed by atoms with Crippen molar-refractivity contribution in [3.05, 3.63) is 53.1 Å². The van der Waals surface area contributed by atoms with Crippen LogP contribution in [0.3, 0.4) is 0 Å². The predicted octanol–water partition coefficient (Wildman–Crippen LogP) is 4.66. The van der Waals surface area contributed by atoms with Crippen LogP contribution in [0.2, 0.25) is 5.02 Å². The Labute approximate surface area is 159 Å². The number of amides is 1. The molecule has 1 atom stereocenters. The van der Waals surface area contributed by atoms with Crippen LogP contribution in [0.4, 0.5) is 0 Å². The maximum atomic E-state index is 12.7. The van der Waals surface area contributed by atoms with Crippen molar-refractivity contribution >= 4 is 17.5 Å². The van der Waals surface area contributed by atoms with Crippen LogP contribution in [-0.4, -0.2) is 44.2 Å². The van der Waals surface area contributed by atoms with Crippen molar-refractivity contribution in [1.82, 2.24) is 4.90 Å². The Morgan fingerprint density at radius 1 is 1.23 bits per heavy atom. The zero-order valence-electron chi connectivity index (χ0n) is 15.2. The second-order valence-electron chi connectivity index (χ2n) is 6.60. The lowest BCUT2D eigenvalue weighted by molar-refractivity contribution is -0.000186. The summed E-state index contributed by atoms with van der Waals surface area (Å²) in [6, 6.07) is 13.0. The van der Waals surface area contributed by atoms with E-state index in [4.69, 9.17) is 21.1 Å². The summed E-state index contributed by atoms with van der Waals surface area (Å²) in [7, 11) is 3.46. The quantitative estimate of drug-likeness (QED) is 0.765. The van der Waals surface area contributed by atoms with Crippen LogP contribution in [0.25, 0.3) is 11.1 Å². The lowest BCUT2D eigenvalue weighted by Gasteiger charge is -2.27. The van der Waals surface area contributed by atoms with Gasteiger partial charge in [0.2, 0.25) is 0 Å². The van der Waals surface area contributed by atoms with E-state index in [9.17, 15) is 4.79 Å². The number of hydrogen-bond acceptors (Lipinski definition) is 3. The monoisotopic (exact) mass is 373 g/mol. The van der Waals surface area contributed by atoms with Crippen molar-refractivity contribution in [1.29, 1.82) is 0 Å². The molecule has 26 heavy (non-hydrogen) atoms. The Hall–Kier alpha value is -2.04. The average Bonchev–Trinajstić information content (AvgIpc) is 2.68. The van der Waals surface area contributed by atoms with Crippen molar-refractivity contribution in [2.75, 3.05) is 27.3 Å². The molecule has 0 aromatic heterocycles. The van der Waals surface area contributed by atoms with Crippen LogP contribution in [0.1, 0.15) is 29.6 Å². The molecule has 138 valence electrons. The summed E-state index contributed by atoms with van der Waals surface area (Å²) < 4.78 is 11.1. The van der Waals surface area contributed by atoms with Crippen LogP contribution >= 0.6 is 11.6 Å². The number of methoxy groups -OCH3 is 1. The van der Waals surface area contributed by atoms with Crippen molar-refractivity contribution in [3.8, 4) is 16.9 Å². The molecule has 1 aliphatic heterocycles. The predicted molar refractivity (Wildman–Crippen MR) is 104 cm³/mol. The minimum absolute atomic E-state index is 0.00350. The number of rotatable bonds is 5. The topological polar surface area (TPSA) is 38.8 Å². The SMILES string of the molecule is COc1ccc(Cl)cc1-c1ccc(C(=O)N(C)C[C@@H]2CCCCO2)cc1. The number of likely N-dealkylation sites (N-methyl/N-ethyl adjacent to an activating group) is 1. The number of benzene rings is 2. The lowest BCUT2D eigenvalue weighted by atomic mass is 10.0. The van der Waals surface area contributed by atoms with E-state index < -0.39 is 0 Å². The van der Waals surface area contributed by atoms with E-state index in [1.165, 1.54) is 6.42 Å². The molecule has 5 heteroatoms. The number of hydrogen-bond donors (Lipinski definition) is 0. The summed E-state index contributed by atoms with van der Waals surface area (Å²) in [6.07, 6.45) is 3.45. The first-order chi connectivity index (χ1) is 12.6. The van der Waals surface area contributed by atoms with Gasteiger partial charge in [0.15, 0.2) is 0 Å². The van der Waals surface area contributed by atoms with Gasteiger partial charge in [-0.15, -0.1) is 0 Å². The first kappa shape index (κ1) is 18.7. The third kappa shape index (κ3) is 4.37. The number of carbonyl (C=O) groups is 1. The van der Waals surface area contributed by atoms with Crippen molar-refractivity contribution in [3.63, 3.8) is 0 Å². The van der Waals surface area contributed by atoms with Crippen LogP contribution < -0.4 is 4.74 Å². The van der Waals surface area contributed by atoms with E-state index in [0.717, 1.165) is 36.3 Å². The Bertz CT molecular complexity index is 754. The first-order valence-corrected chi connectivity index (χ1v) is 9.27. The number of nitrogens with zero attached hydrogens (tertiary/aromatic N) is 1. The highest BCUT2D eigenvalue weighted by molar-refractivity contribution is 6.31. The second-order valence-corrected chi connectivity index (χ2v) is 7.03. The fourth-order valence-electron chi connectivity index (χ4n) is 3.26. The summed E-state index contributed by atoms with van der Waals surface area (Å²) >= 11 is 6.11. The highest BCUT2D eigenvalue weighted by atomic mass is 35.5. The molecule has 4 nitrogen and oxygen atoms in total. The summed E-state index contributed by atoms with van der Waals surface area (Å²) in [5, 5.41) is 0.646.